The van der Waals surface area contributed by atoms with Crippen LogP contribution in [0.2, 0.25) is 0 Å². The highest BCUT2D eigenvalue weighted by molar-refractivity contribution is 4.87. The van der Waals surface area contributed by atoms with Gasteiger partial charge in [-0.15, -0.1) is 12.3 Å². The van der Waals surface area contributed by atoms with Crippen LogP contribution in [-0.2, 0) is 0 Å². The van der Waals surface area contributed by atoms with Gasteiger partial charge in [0.25, 0.3) is 0 Å². The molecule has 0 aliphatic carbocycles. The Bertz CT molecular complexity index is 104. The topological polar surface area (TPSA) is 20.2 Å². The van der Waals surface area contributed by atoms with Gasteiger partial charge in [-0.05, 0) is 19.4 Å². The Morgan fingerprint density at radius 3 is 1.89 bits per heavy atom. The van der Waals surface area contributed by atoms with Crippen molar-refractivity contribution < 1.29 is 5.11 Å². The summed E-state index contributed by atoms with van der Waals surface area (Å²) < 4.78 is 0. The van der Waals surface area contributed by atoms with Crippen molar-refractivity contribution in [3.63, 3.8) is 0 Å². The number of allylic oxidation sites excluding steroid dienone is 1. The molecular formula is C8H14O. The zero-order valence-corrected chi connectivity index (χ0v) is 6.15. The van der Waals surface area contributed by atoms with E-state index in [0.717, 1.165) is 5.57 Å². The van der Waals surface area contributed by atoms with Crippen LogP contribution in [0.1, 0.15) is 13.8 Å². The summed E-state index contributed by atoms with van der Waals surface area (Å²) in [6.07, 6.45) is 1.43. The molecule has 52 valence electrons. The first-order chi connectivity index (χ1) is 4.18. The van der Waals surface area contributed by atoms with Gasteiger partial charge in [0.2, 0.25) is 0 Å². The molecule has 0 rings (SSSR count). The molecule has 1 heteroatoms. The standard InChI is InChI=1S/C5H8.C3H6O/c1-4-5(2)3;1-2-3-4/h1H2,2-3H3;2,4H,1,3H2. The smallest absolute Gasteiger partial charge is 0.0609 e. The molecule has 0 bridgehead atoms. The normalized spacial score (nSPS) is 6.11. The highest BCUT2D eigenvalue weighted by Crippen LogP contribution is 1.77. The molecule has 0 atom stereocenters. The van der Waals surface area contributed by atoms with Crippen molar-refractivity contribution >= 4 is 0 Å². The molecule has 0 heterocycles. The third kappa shape index (κ3) is 39.9. The summed E-state index contributed by atoms with van der Waals surface area (Å²) in [6.45, 7) is 10.6. The lowest BCUT2D eigenvalue weighted by molar-refractivity contribution is 0.343. The molecule has 0 saturated carbocycles. The quantitative estimate of drug-likeness (QED) is 0.420. The van der Waals surface area contributed by atoms with Crippen LogP contribution in [0.5, 0.6) is 0 Å². The van der Waals surface area contributed by atoms with Crippen LogP contribution in [0.3, 0.4) is 0 Å². The lowest BCUT2D eigenvalue weighted by Gasteiger charge is -1.67. The van der Waals surface area contributed by atoms with Gasteiger partial charge in [0.05, 0.1) is 6.61 Å². The monoisotopic (exact) mass is 126 g/mol. The Labute approximate surface area is 57.0 Å². The summed E-state index contributed by atoms with van der Waals surface area (Å²) in [4.78, 5) is 0. The summed E-state index contributed by atoms with van der Waals surface area (Å²) in [5.74, 6) is 0. The van der Waals surface area contributed by atoms with E-state index in [-0.39, 0.29) is 6.61 Å². The molecule has 0 aliphatic rings. The Morgan fingerprint density at radius 2 is 1.89 bits per heavy atom. The second kappa shape index (κ2) is 10.3. The van der Waals surface area contributed by atoms with Gasteiger partial charge in [0, 0.05) is 0 Å². The van der Waals surface area contributed by atoms with Gasteiger partial charge in [-0.1, -0.05) is 12.7 Å². The van der Waals surface area contributed by atoms with Crippen LogP contribution in [0.4, 0.5) is 0 Å². The molecule has 0 spiro atoms. The zero-order valence-electron chi connectivity index (χ0n) is 6.15. The van der Waals surface area contributed by atoms with Gasteiger partial charge in [-0.2, -0.15) is 0 Å². The molecule has 9 heavy (non-hydrogen) atoms. The van der Waals surface area contributed by atoms with E-state index in [2.05, 4.69) is 18.9 Å². The molecule has 0 unspecified atom stereocenters. The SMILES string of the molecule is C=C=C(C)C.C=CCO. The maximum Gasteiger partial charge on any atom is 0.0609 e. The number of aliphatic hydroxyl groups is 1. The first-order valence-electron chi connectivity index (χ1n) is 2.74. The van der Waals surface area contributed by atoms with Crippen LogP contribution < -0.4 is 0 Å². The van der Waals surface area contributed by atoms with E-state index in [4.69, 9.17) is 5.11 Å². The third-order valence-corrected chi connectivity index (χ3v) is 0.483. The van der Waals surface area contributed by atoms with Gasteiger partial charge in [-0.3, -0.25) is 0 Å². The molecule has 0 aromatic rings. The van der Waals surface area contributed by atoms with Crippen molar-refractivity contribution in [2.75, 3.05) is 6.61 Å². The van der Waals surface area contributed by atoms with Gasteiger partial charge in [-0.25, -0.2) is 0 Å². The molecule has 0 amide bonds. The van der Waals surface area contributed by atoms with E-state index < -0.39 is 0 Å². The highest BCUT2D eigenvalue weighted by atomic mass is 16.2. The summed E-state index contributed by atoms with van der Waals surface area (Å²) in [5, 5.41) is 7.76. The minimum atomic E-state index is 0.0833. The molecular weight excluding hydrogens is 112 g/mol. The van der Waals surface area contributed by atoms with E-state index in [9.17, 15) is 0 Å². The van der Waals surface area contributed by atoms with E-state index in [1.54, 1.807) is 0 Å². The first kappa shape index (κ1) is 11.1. The predicted molar refractivity (Wildman–Crippen MR) is 41.3 cm³/mol. The summed E-state index contributed by atoms with van der Waals surface area (Å²) >= 11 is 0. The summed E-state index contributed by atoms with van der Waals surface area (Å²) in [7, 11) is 0. The number of hydrogen-bond donors (Lipinski definition) is 1. The van der Waals surface area contributed by atoms with Gasteiger partial charge in [0.1, 0.15) is 0 Å². The molecule has 0 aromatic carbocycles. The van der Waals surface area contributed by atoms with Crippen molar-refractivity contribution in [3.05, 3.63) is 30.5 Å². The third-order valence-electron chi connectivity index (χ3n) is 0.483. The van der Waals surface area contributed by atoms with Crippen LogP contribution in [-0.4, -0.2) is 11.7 Å². The largest absolute Gasteiger partial charge is 0.392 e. The minimum absolute atomic E-state index is 0.0833. The molecule has 0 saturated heterocycles. The maximum atomic E-state index is 7.76. The molecule has 0 aliphatic heterocycles. The second-order valence-corrected chi connectivity index (χ2v) is 1.65. The number of rotatable bonds is 1. The Kier molecular flexibility index (Phi) is 12.6. The number of hydrogen-bond acceptors (Lipinski definition) is 1. The molecule has 0 aromatic heterocycles. The Balaban J connectivity index is 0. The fraction of sp³-hybridized carbons (Fsp3) is 0.375. The lowest BCUT2D eigenvalue weighted by atomic mass is 10.4. The van der Waals surface area contributed by atoms with Gasteiger partial charge < -0.3 is 5.11 Å². The fourth-order valence-electron chi connectivity index (χ4n) is 0. The Morgan fingerprint density at radius 1 is 1.67 bits per heavy atom. The van der Waals surface area contributed by atoms with E-state index in [1.807, 2.05) is 13.8 Å². The lowest BCUT2D eigenvalue weighted by Crippen LogP contribution is -1.62. The Hall–Kier alpha value is -0.780. The molecule has 0 radical (unpaired) electrons. The molecule has 0 fully saturated rings. The zero-order chi connectivity index (χ0) is 7.70. The van der Waals surface area contributed by atoms with Crippen molar-refractivity contribution in [3.8, 4) is 0 Å². The van der Waals surface area contributed by atoms with Gasteiger partial charge in [0.15, 0.2) is 0 Å². The average Bonchev–Trinajstić information content (AvgIpc) is 1.89. The molecule has 1 nitrogen and oxygen atoms in total. The van der Waals surface area contributed by atoms with Crippen LogP contribution in [0.25, 0.3) is 0 Å². The van der Waals surface area contributed by atoms with Crippen LogP contribution in [0, 0.1) is 0 Å². The van der Waals surface area contributed by atoms with Crippen molar-refractivity contribution in [1.29, 1.82) is 0 Å². The fourth-order valence-corrected chi connectivity index (χ4v) is 0. The summed E-state index contributed by atoms with van der Waals surface area (Å²) in [6, 6.07) is 0. The first-order valence-corrected chi connectivity index (χ1v) is 2.74. The van der Waals surface area contributed by atoms with Crippen LogP contribution >= 0.6 is 0 Å². The van der Waals surface area contributed by atoms with Gasteiger partial charge >= 0.3 is 0 Å². The van der Waals surface area contributed by atoms with E-state index in [1.165, 1.54) is 6.08 Å². The van der Waals surface area contributed by atoms with Crippen molar-refractivity contribution in [2.45, 2.75) is 13.8 Å². The predicted octanol–water partition coefficient (Wildman–Crippen LogP) is 1.90. The van der Waals surface area contributed by atoms with Crippen molar-refractivity contribution in [1.82, 2.24) is 0 Å². The van der Waals surface area contributed by atoms with Crippen LogP contribution in [0.15, 0.2) is 30.5 Å². The average molecular weight is 126 g/mol. The minimum Gasteiger partial charge on any atom is -0.392 e. The van der Waals surface area contributed by atoms with Crippen molar-refractivity contribution in [2.24, 2.45) is 0 Å². The van der Waals surface area contributed by atoms with E-state index >= 15 is 0 Å². The highest BCUT2D eigenvalue weighted by Gasteiger charge is 1.57. The second-order valence-electron chi connectivity index (χ2n) is 1.65. The molecule has 1 N–H and O–H groups in total. The maximum absolute atomic E-state index is 7.76. The van der Waals surface area contributed by atoms with E-state index in [0.29, 0.717) is 0 Å². The summed E-state index contributed by atoms with van der Waals surface area (Å²) in [5.41, 5.74) is 3.84. The number of aliphatic hydroxyl groups excluding tert-OH is 1.